The van der Waals surface area contributed by atoms with Crippen LogP contribution in [0.25, 0.3) is 0 Å². The van der Waals surface area contributed by atoms with E-state index < -0.39 is 0 Å². The van der Waals surface area contributed by atoms with Gasteiger partial charge in [-0.15, -0.1) is 0 Å². The zero-order valence-electron chi connectivity index (χ0n) is 10.0. The summed E-state index contributed by atoms with van der Waals surface area (Å²) in [6.45, 7) is 2.65. The SMILES string of the molecule is CCNC(=S)/N=C1/CC(=O)N(c2ccccc2)N1. The van der Waals surface area contributed by atoms with Crippen molar-refractivity contribution in [1.82, 2.24) is 10.7 Å². The van der Waals surface area contributed by atoms with Crippen LogP contribution in [0.5, 0.6) is 0 Å². The average Bonchev–Trinajstić information content (AvgIpc) is 2.71. The van der Waals surface area contributed by atoms with Gasteiger partial charge in [-0.25, -0.2) is 10.0 Å². The van der Waals surface area contributed by atoms with Gasteiger partial charge in [0, 0.05) is 6.54 Å². The largest absolute Gasteiger partial charge is 0.361 e. The molecule has 1 fully saturated rings. The number of benzene rings is 1. The predicted molar refractivity (Wildman–Crippen MR) is 75.4 cm³/mol. The van der Waals surface area contributed by atoms with Crippen molar-refractivity contribution >= 4 is 34.8 Å². The maximum Gasteiger partial charge on any atom is 0.253 e. The lowest BCUT2D eigenvalue weighted by molar-refractivity contribution is -0.116. The zero-order valence-corrected chi connectivity index (χ0v) is 10.8. The van der Waals surface area contributed by atoms with Crippen molar-refractivity contribution in [2.75, 3.05) is 11.6 Å². The summed E-state index contributed by atoms with van der Waals surface area (Å²) in [7, 11) is 0. The number of thiocarbonyl (C=S) groups is 1. The van der Waals surface area contributed by atoms with Gasteiger partial charge in [0.1, 0.15) is 5.84 Å². The number of hydrazine groups is 1. The van der Waals surface area contributed by atoms with Crippen molar-refractivity contribution < 1.29 is 4.79 Å². The Hall–Kier alpha value is -1.95. The lowest BCUT2D eigenvalue weighted by Gasteiger charge is -2.15. The van der Waals surface area contributed by atoms with Gasteiger partial charge in [-0.2, -0.15) is 0 Å². The summed E-state index contributed by atoms with van der Waals surface area (Å²) < 4.78 is 0. The molecule has 1 aromatic rings. The first-order chi connectivity index (χ1) is 8.70. The molecule has 6 heteroatoms. The first-order valence-corrected chi connectivity index (χ1v) is 6.11. The molecule has 0 aromatic heterocycles. The Bertz CT molecular complexity index is 486. The summed E-state index contributed by atoms with van der Waals surface area (Å²) in [5, 5.41) is 4.79. The van der Waals surface area contributed by atoms with E-state index in [4.69, 9.17) is 12.2 Å². The Morgan fingerprint density at radius 1 is 1.50 bits per heavy atom. The van der Waals surface area contributed by atoms with Gasteiger partial charge >= 0.3 is 0 Å². The van der Waals surface area contributed by atoms with Gasteiger partial charge in [0.2, 0.25) is 0 Å². The number of aliphatic imine (C=N–C) groups is 1. The molecule has 2 N–H and O–H groups in total. The lowest BCUT2D eigenvalue weighted by atomic mass is 10.3. The van der Waals surface area contributed by atoms with E-state index in [9.17, 15) is 4.79 Å². The molecule has 1 aliphatic heterocycles. The molecule has 0 spiro atoms. The van der Waals surface area contributed by atoms with Crippen LogP contribution in [0.2, 0.25) is 0 Å². The molecule has 0 radical (unpaired) electrons. The number of anilines is 1. The molecule has 0 unspecified atom stereocenters. The van der Waals surface area contributed by atoms with Gasteiger partial charge in [-0.05, 0) is 31.3 Å². The van der Waals surface area contributed by atoms with Gasteiger partial charge in [0.25, 0.3) is 5.91 Å². The molecule has 1 saturated heterocycles. The number of nitrogens with zero attached hydrogens (tertiary/aromatic N) is 2. The van der Waals surface area contributed by atoms with Crippen molar-refractivity contribution in [2.45, 2.75) is 13.3 Å². The first-order valence-electron chi connectivity index (χ1n) is 5.70. The van der Waals surface area contributed by atoms with Crippen LogP contribution in [0.3, 0.4) is 0 Å². The Kier molecular flexibility index (Phi) is 3.88. The normalized spacial score (nSPS) is 16.8. The second kappa shape index (κ2) is 5.59. The molecule has 0 aliphatic carbocycles. The van der Waals surface area contributed by atoms with Crippen LogP contribution in [0.15, 0.2) is 35.3 Å². The van der Waals surface area contributed by atoms with Crippen LogP contribution in [0, 0.1) is 0 Å². The third-order valence-electron chi connectivity index (χ3n) is 2.39. The van der Waals surface area contributed by atoms with Crippen LogP contribution in [0.1, 0.15) is 13.3 Å². The van der Waals surface area contributed by atoms with Gasteiger partial charge < -0.3 is 5.32 Å². The summed E-state index contributed by atoms with van der Waals surface area (Å²) >= 11 is 5.02. The fourth-order valence-corrected chi connectivity index (χ4v) is 1.87. The molecule has 0 bridgehead atoms. The van der Waals surface area contributed by atoms with E-state index in [0.717, 1.165) is 5.69 Å². The van der Waals surface area contributed by atoms with Crippen LogP contribution >= 0.6 is 12.2 Å². The van der Waals surface area contributed by atoms with Crippen molar-refractivity contribution in [3.63, 3.8) is 0 Å². The first kappa shape index (κ1) is 12.5. The standard InChI is InChI=1S/C12H14N4OS/c1-2-13-12(18)14-10-8-11(17)16(15-10)9-6-4-3-5-7-9/h3-7H,2,8H2,1H3,(H2,13,14,15,18). The Labute approximate surface area is 111 Å². The van der Waals surface area contributed by atoms with E-state index in [1.807, 2.05) is 37.3 Å². The highest BCUT2D eigenvalue weighted by molar-refractivity contribution is 7.80. The fourth-order valence-electron chi connectivity index (χ4n) is 1.62. The minimum atomic E-state index is -0.0424. The van der Waals surface area contributed by atoms with E-state index in [1.165, 1.54) is 5.01 Å². The highest BCUT2D eigenvalue weighted by Crippen LogP contribution is 2.16. The highest BCUT2D eigenvalue weighted by atomic mass is 32.1. The summed E-state index contributed by atoms with van der Waals surface area (Å²) in [6, 6.07) is 9.37. The minimum Gasteiger partial charge on any atom is -0.361 e. The minimum absolute atomic E-state index is 0.0424. The number of amidine groups is 1. The Balaban J connectivity index is 2.10. The van der Waals surface area contributed by atoms with Crippen molar-refractivity contribution in [1.29, 1.82) is 0 Å². The third kappa shape index (κ3) is 2.84. The molecule has 0 saturated carbocycles. The zero-order chi connectivity index (χ0) is 13.0. The number of amides is 1. The number of nitrogens with one attached hydrogen (secondary N) is 2. The summed E-state index contributed by atoms with van der Waals surface area (Å²) in [5.74, 6) is 0.522. The third-order valence-corrected chi connectivity index (χ3v) is 2.62. The highest BCUT2D eigenvalue weighted by Gasteiger charge is 2.26. The van der Waals surface area contributed by atoms with Crippen LogP contribution < -0.4 is 15.8 Å². The molecule has 94 valence electrons. The molecule has 1 aromatic carbocycles. The maximum absolute atomic E-state index is 11.8. The van der Waals surface area contributed by atoms with E-state index >= 15 is 0 Å². The molecular weight excluding hydrogens is 248 g/mol. The molecule has 18 heavy (non-hydrogen) atoms. The van der Waals surface area contributed by atoms with Crippen molar-refractivity contribution in [3.8, 4) is 0 Å². The number of carbonyl (C=O) groups is 1. The van der Waals surface area contributed by atoms with Crippen LogP contribution in [0.4, 0.5) is 5.69 Å². The molecule has 0 atom stereocenters. The van der Waals surface area contributed by atoms with E-state index in [-0.39, 0.29) is 12.3 Å². The average molecular weight is 262 g/mol. The molecule has 1 aliphatic rings. The lowest BCUT2D eigenvalue weighted by Crippen LogP contribution is -2.36. The summed E-state index contributed by atoms with van der Waals surface area (Å²) in [6.07, 6.45) is 0.237. The van der Waals surface area contributed by atoms with Crippen LogP contribution in [-0.2, 0) is 4.79 Å². The van der Waals surface area contributed by atoms with Crippen molar-refractivity contribution in [3.05, 3.63) is 30.3 Å². The molecule has 5 nitrogen and oxygen atoms in total. The van der Waals surface area contributed by atoms with E-state index in [1.54, 1.807) is 0 Å². The number of rotatable bonds is 2. The van der Waals surface area contributed by atoms with Gasteiger partial charge in [0.15, 0.2) is 5.11 Å². The number of para-hydroxylation sites is 1. The predicted octanol–water partition coefficient (Wildman–Crippen LogP) is 1.22. The quantitative estimate of drug-likeness (QED) is 0.787. The second-order valence-corrected chi connectivity index (χ2v) is 4.13. The Morgan fingerprint density at radius 2 is 2.22 bits per heavy atom. The topological polar surface area (TPSA) is 56.7 Å². The fraction of sp³-hybridized carbons (Fsp3) is 0.250. The van der Waals surface area contributed by atoms with Gasteiger partial charge in [-0.1, -0.05) is 18.2 Å². The number of carbonyl (C=O) groups excluding carboxylic acids is 1. The Morgan fingerprint density at radius 3 is 2.89 bits per heavy atom. The molecule has 1 amide bonds. The monoisotopic (exact) mass is 262 g/mol. The summed E-state index contributed by atoms with van der Waals surface area (Å²) in [4.78, 5) is 16.0. The summed E-state index contributed by atoms with van der Waals surface area (Å²) in [5.41, 5.74) is 3.75. The second-order valence-electron chi connectivity index (χ2n) is 3.75. The van der Waals surface area contributed by atoms with E-state index in [0.29, 0.717) is 17.5 Å². The molecule has 2 rings (SSSR count). The number of hydrogen-bond donors (Lipinski definition) is 2. The van der Waals surface area contributed by atoms with E-state index in [2.05, 4.69) is 15.7 Å². The molecular formula is C12H14N4OS. The maximum atomic E-state index is 11.8. The van der Waals surface area contributed by atoms with Gasteiger partial charge in [0.05, 0.1) is 12.1 Å². The number of hydrogen-bond acceptors (Lipinski definition) is 2. The van der Waals surface area contributed by atoms with Gasteiger partial charge in [-0.3, -0.25) is 10.2 Å². The van der Waals surface area contributed by atoms with Crippen LogP contribution in [-0.4, -0.2) is 23.4 Å². The molecule has 1 heterocycles. The van der Waals surface area contributed by atoms with Crippen molar-refractivity contribution in [2.24, 2.45) is 4.99 Å². The smallest absolute Gasteiger partial charge is 0.253 e.